The van der Waals surface area contributed by atoms with Gasteiger partial charge in [-0.1, -0.05) is 0 Å². The van der Waals surface area contributed by atoms with Crippen molar-refractivity contribution in [3.63, 3.8) is 0 Å². The van der Waals surface area contributed by atoms with Crippen molar-refractivity contribution in [2.24, 2.45) is 11.5 Å². The van der Waals surface area contributed by atoms with Crippen LogP contribution in [0.5, 0.6) is 17.4 Å². The van der Waals surface area contributed by atoms with Crippen molar-refractivity contribution in [3.05, 3.63) is 70.2 Å². The molecule has 2 rings (SSSR count). The number of carbonyl (C=O) groups excluding carboxylic acids is 1. The van der Waals surface area contributed by atoms with Gasteiger partial charge in [0.05, 0.1) is 12.8 Å². The highest BCUT2D eigenvalue weighted by Gasteiger charge is 2.20. The summed E-state index contributed by atoms with van der Waals surface area (Å²) in [5, 5.41) is 2.51. The fourth-order valence-corrected chi connectivity index (χ4v) is 2.33. The maximum absolute atomic E-state index is 13.9. The van der Waals surface area contributed by atoms with Crippen molar-refractivity contribution < 1.29 is 23.0 Å². The molecule has 7 nitrogen and oxygen atoms in total. The number of nitrogens with zero attached hydrogens (tertiary/aromatic N) is 1. The maximum atomic E-state index is 13.9. The molecule has 1 amide bonds. The molecule has 1 aromatic heterocycles. The maximum Gasteiger partial charge on any atom is 0.261 e. The molecule has 0 unspecified atom stereocenters. The molecule has 0 saturated heterocycles. The molecular formula is C17H15BrF2N4O3. The van der Waals surface area contributed by atoms with Crippen LogP contribution in [-0.2, 0) is 0 Å². The molecule has 2 aromatic rings. The molecule has 142 valence electrons. The first-order chi connectivity index (χ1) is 12.9. The van der Waals surface area contributed by atoms with Crippen LogP contribution in [0.25, 0.3) is 0 Å². The van der Waals surface area contributed by atoms with Crippen LogP contribution in [0.15, 0.2) is 53.0 Å². The number of benzene rings is 1. The van der Waals surface area contributed by atoms with E-state index < -0.39 is 23.3 Å². The van der Waals surface area contributed by atoms with Gasteiger partial charge in [0.15, 0.2) is 11.6 Å². The molecule has 1 aromatic carbocycles. The summed E-state index contributed by atoms with van der Waals surface area (Å²) in [4.78, 5) is 16.5. The van der Waals surface area contributed by atoms with E-state index in [1.54, 1.807) is 0 Å². The van der Waals surface area contributed by atoms with Crippen LogP contribution in [0.4, 0.5) is 8.78 Å². The average molecular weight is 441 g/mol. The minimum Gasteiger partial charge on any atom is -0.490 e. The van der Waals surface area contributed by atoms with Crippen LogP contribution in [0.1, 0.15) is 10.4 Å². The summed E-state index contributed by atoms with van der Waals surface area (Å²) in [6.07, 6.45) is 5.09. The number of nitrogens with one attached hydrogen (secondary N) is 1. The van der Waals surface area contributed by atoms with Gasteiger partial charge < -0.3 is 26.3 Å². The minimum atomic E-state index is -1.22. The first-order valence-corrected chi connectivity index (χ1v) is 8.17. The summed E-state index contributed by atoms with van der Waals surface area (Å²) in [5.41, 5.74) is 10.9. The third-order valence-electron chi connectivity index (χ3n) is 3.20. The van der Waals surface area contributed by atoms with E-state index in [1.165, 1.54) is 24.5 Å². The number of carbonyl (C=O) groups is 1. The zero-order chi connectivity index (χ0) is 20.0. The van der Waals surface area contributed by atoms with E-state index >= 15 is 0 Å². The third kappa shape index (κ3) is 4.73. The van der Waals surface area contributed by atoms with Crippen molar-refractivity contribution in [2.45, 2.75) is 0 Å². The van der Waals surface area contributed by atoms with Crippen molar-refractivity contribution >= 4 is 21.8 Å². The van der Waals surface area contributed by atoms with Crippen LogP contribution in [-0.4, -0.2) is 18.0 Å². The lowest BCUT2D eigenvalue weighted by Gasteiger charge is -2.14. The fraction of sp³-hybridized carbons (Fsp3) is 0.0588. The highest BCUT2D eigenvalue weighted by atomic mass is 79.9. The first kappa shape index (κ1) is 20.2. The molecule has 0 spiro atoms. The van der Waals surface area contributed by atoms with E-state index in [9.17, 15) is 13.6 Å². The number of nitrogens with two attached hydrogens (primary N) is 2. The number of methoxy groups -OCH3 is 1. The normalized spacial score (nSPS) is 11.5. The molecule has 0 fully saturated rings. The Morgan fingerprint density at radius 3 is 2.70 bits per heavy atom. The Balaban J connectivity index is 2.42. The molecule has 0 aliphatic carbocycles. The van der Waals surface area contributed by atoms with Gasteiger partial charge in [-0.15, -0.1) is 0 Å². The number of pyridine rings is 1. The number of aromatic nitrogens is 1. The largest absolute Gasteiger partial charge is 0.490 e. The van der Waals surface area contributed by atoms with Gasteiger partial charge in [-0.25, -0.2) is 9.37 Å². The second-order valence-electron chi connectivity index (χ2n) is 4.94. The molecule has 0 radical (unpaired) electrons. The lowest BCUT2D eigenvalue weighted by molar-refractivity contribution is 0.0964. The van der Waals surface area contributed by atoms with Gasteiger partial charge >= 0.3 is 0 Å². The monoisotopic (exact) mass is 440 g/mol. The Hall–Kier alpha value is -3.14. The second kappa shape index (κ2) is 8.99. The summed E-state index contributed by atoms with van der Waals surface area (Å²) in [5.74, 6) is -3.72. The summed E-state index contributed by atoms with van der Waals surface area (Å²) >= 11 is 3.21. The highest BCUT2D eigenvalue weighted by molar-refractivity contribution is 9.10. The van der Waals surface area contributed by atoms with Crippen LogP contribution in [0.2, 0.25) is 0 Å². The van der Waals surface area contributed by atoms with E-state index in [0.29, 0.717) is 4.47 Å². The lowest BCUT2D eigenvalue weighted by atomic mass is 10.2. The summed E-state index contributed by atoms with van der Waals surface area (Å²) in [7, 11) is 1.16. The predicted octanol–water partition coefficient (Wildman–Crippen LogP) is 2.93. The van der Waals surface area contributed by atoms with E-state index in [2.05, 4.69) is 26.2 Å². The Kier molecular flexibility index (Phi) is 6.72. The molecule has 10 heteroatoms. The molecular weight excluding hydrogens is 426 g/mol. The zero-order valence-corrected chi connectivity index (χ0v) is 15.6. The number of halogens is 3. The number of hydrogen-bond acceptors (Lipinski definition) is 6. The SMILES string of the molecule is COc1c(Oc2ncc(Br)cc2C(=O)NC(/C=C\N)=C/N)ccc(F)c1F. The summed E-state index contributed by atoms with van der Waals surface area (Å²) in [6, 6.07) is 3.46. The first-order valence-electron chi connectivity index (χ1n) is 7.38. The van der Waals surface area contributed by atoms with E-state index in [4.69, 9.17) is 20.9 Å². The summed E-state index contributed by atoms with van der Waals surface area (Å²) in [6.45, 7) is 0. The summed E-state index contributed by atoms with van der Waals surface area (Å²) < 4.78 is 38.1. The van der Waals surface area contributed by atoms with E-state index in [1.807, 2.05) is 0 Å². The molecule has 27 heavy (non-hydrogen) atoms. The van der Waals surface area contributed by atoms with Gasteiger partial charge in [-0.2, -0.15) is 4.39 Å². The Bertz CT molecular complexity index is 919. The average Bonchev–Trinajstić information content (AvgIpc) is 2.65. The van der Waals surface area contributed by atoms with Gasteiger partial charge in [0.1, 0.15) is 5.56 Å². The molecule has 5 N–H and O–H groups in total. The van der Waals surface area contributed by atoms with E-state index in [-0.39, 0.29) is 22.9 Å². The molecule has 0 atom stereocenters. The number of amides is 1. The molecule has 1 heterocycles. The Morgan fingerprint density at radius 1 is 1.33 bits per heavy atom. The molecule has 0 aliphatic heterocycles. The lowest BCUT2D eigenvalue weighted by Crippen LogP contribution is -2.23. The van der Waals surface area contributed by atoms with Crippen LogP contribution in [0.3, 0.4) is 0 Å². The van der Waals surface area contributed by atoms with Crippen LogP contribution < -0.4 is 26.3 Å². The number of rotatable bonds is 6. The van der Waals surface area contributed by atoms with Gasteiger partial charge in [0.25, 0.3) is 5.91 Å². The van der Waals surface area contributed by atoms with Gasteiger partial charge in [0, 0.05) is 16.9 Å². The number of ether oxygens (including phenoxy) is 2. The quantitative estimate of drug-likeness (QED) is 0.595. The number of hydrogen-bond donors (Lipinski definition) is 3. The van der Waals surface area contributed by atoms with Crippen molar-refractivity contribution in [3.8, 4) is 17.4 Å². The van der Waals surface area contributed by atoms with Crippen molar-refractivity contribution in [2.75, 3.05) is 7.11 Å². The fourth-order valence-electron chi connectivity index (χ4n) is 2.00. The van der Waals surface area contributed by atoms with Gasteiger partial charge in [0.2, 0.25) is 17.4 Å². The van der Waals surface area contributed by atoms with Crippen molar-refractivity contribution in [1.82, 2.24) is 10.3 Å². The standard InChI is InChI=1S/C17H15BrF2N4O3/c1-26-15-13(3-2-12(19)14(15)20)27-17-11(6-9(18)8-23-17)16(25)24-10(7-22)4-5-21/h2-8H,21-22H2,1H3,(H,24,25)/b5-4-,10-7+. The molecule has 0 aliphatic rings. The number of allylic oxidation sites excluding steroid dienone is 1. The Labute approximate surface area is 161 Å². The van der Waals surface area contributed by atoms with Crippen LogP contribution in [0, 0.1) is 11.6 Å². The molecule has 0 saturated carbocycles. The second-order valence-corrected chi connectivity index (χ2v) is 5.85. The predicted molar refractivity (Wildman–Crippen MR) is 98.0 cm³/mol. The smallest absolute Gasteiger partial charge is 0.261 e. The van der Waals surface area contributed by atoms with Crippen LogP contribution >= 0.6 is 15.9 Å². The third-order valence-corrected chi connectivity index (χ3v) is 3.63. The highest BCUT2D eigenvalue weighted by Crippen LogP contribution is 2.35. The van der Waals surface area contributed by atoms with Crippen molar-refractivity contribution in [1.29, 1.82) is 0 Å². The minimum absolute atomic E-state index is 0.000864. The van der Waals surface area contributed by atoms with Gasteiger partial charge in [-0.3, -0.25) is 4.79 Å². The Morgan fingerprint density at radius 2 is 2.07 bits per heavy atom. The topological polar surface area (TPSA) is 112 Å². The van der Waals surface area contributed by atoms with Gasteiger partial charge in [-0.05, 0) is 46.4 Å². The zero-order valence-electron chi connectivity index (χ0n) is 14.0. The van der Waals surface area contributed by atoms with E-state index in [0.717, 1.165) is 25.4 Å². The molecule has 0 bridgehead atoms.